The van der Waals surface area contributed by atoms with Gasteiger partial charge in [0.1, 0.15) is 5.76 Å². The van der Waals surface area contributed by atoms with Gasteiger partial charge in [-0.05, 0) is 50.2 Å². The van der Waals surface area contributed by atoms with Crippen LogP contribution in [0.25, 0.3) is 0 Å². The first-order chi connectivity index (χ1) is 12.2. The van der Waals surface area contributed by atoms with E-state index in [1.807, 2.05) is 17.9 Å². The highest BCUT2D eigenvalue weighted by molar-refractivity contribution is 5.95. The molecule has 0 aromatic carbocycles. The number of piperidine rings is 2. The predicted molar refractivity (Wildman–Crippen MR) is 94.5 cm³/mol. The van der Waals surface area contributed by atoms with Gasteiger partial charge in [-0.2, -0.15) is 0 Å². The van der Waals surface area contributed by atoms with Gasteiger partial charge in [0.05, 0.1) is 11.8 Å². The third-order valence-electron chi connectivity index (χ3n) is 5.86. The van der Waals surface area contributed by atoms with Crippen molar-refractivity contribution in [2.45, 2.75) is 32.6 Å². The van der Waals surface area contributed by atoms with Crippen LogP contribution in [-0.2, 0) is 0 Å². The standard InChI is InChI=1S/C19H24N4O2/c1-15-16(3-14-25-15)17(24)22-10-4-19(5-11-22)6-12-23(13-7-19)18-20-8-2-9-21-18/h2-3,8-9,14H,4-7,10-13H2,1H3. The summed E-state index contributed by atoms with van der Waals surface area (Å²) in [6.45, 7) is 5.52. The summed E-state index contributed by atoms with van der Waals surface area (Å²) in [7, 11) is 0. The van der Waals surface area contributed by atoms with Gasteiger partial charge in [0.2, 0.25) is 5.95 Å². The van der Waals surface area contributed by atoms with Gasteiger partial charge in [0, 0.05) is 38.6 Å². The third kappa shape index (κ3) is 3.13. The van der Waals surface area contributed by atoms with Crippen molar-refractivity contribution in [1.82, 2.24) is 14.9 Å². The van der Waals surface area contributed by atoms with Gasteiger partial charge in [0.15, 0.2) is 0 Å². The van der Waals surface area contributed by atoms with Crippen molar-refractivity contribution < 1.29 is 9.21 Å². The summed E-state index contributed by atoms with van der Waals surface area (Å²) in [4.78, 5) is 25.6. The number of hydrogen-bond acceptors (Lipinski definition) is 5. The van der Waals surface area contributed by atoms with E-state index in [4.69, 9.17) is 4.42 Å². The smallest absolute Gasteiger partial charge is 0.257 e. The number of nitrogens with zero attached hydrogens (tertiary/aromatic N) is 4. The minimum Gasteiger partial charge on any atom is -0.469 e. The molecule has 2 aliphatic rings. The Labute approximate surface area is 147 Å². The number of carbonyl (C=O) groups excluding carboxylic acids is 1. The molecule has 4 heterocycles. The Morgan fingerprint density at radius 2 is 1.72 bits per heavy atom. The molecule has 0 aliphatic carbocycles. The molecule has 1 amide bonds. The molecule has 2 aromatic rings. The van der Waals surface area contributed by atoms with Crippen molar-refractivity contribution in [1.29, 1.82) is 0 Å². The number of anilines is 1. The normalized spacial score (nSPS) is 20.0. The van der Waals surface area contributed by atoms with Crippen LogP contribution in [0.1, 0.15) is 41.8 Å². The van der Waals surface area contributed by atoms with Crippen LogP contribution >= 0.6 is 0 Å². The van der Waals surface area contributed by atoms with Crippen LogP contribution in [0, 0.1) is 12.3 Å². The second kappa shape index (κ2) is 6.50. The molecule has 2 aromatic heterocycles. The Balaban J connectivity index is 1.35. The van der Waals surface area contributed by atoms with E-state index < -0.39 is 0 Å². The van der Waals surface area contributed by atoms with E-state index in [1.165, 1.54) is 0 Å². The lowest BCUT2D eigenvalue weighted by molar-refractivity contribution is 0.0513. The Bertz CT molecular complexity index is 725. The van der Waals surface area contributed by atoms with Crippen LogP contribution in [0.2, 0.25) is 0 Å². The molecule has 0 N–H and O–H groups in total. The first kappa shape index (κ1) is 16.1. The Morgan fingerprint density at radius 3 is 2.32 bits per heavy atom. The number of rotatable bonds is 2. The van der Waals surface area contributed by atoms with Crippen molar-refractivity contribution in [3.8, 4) is 0 Å². The van der Waals surface area contributed by atoms with Crippen molar-refractivity contribution in [3.63, 3.8) is 0 Å². The van der Waals surface area contributed by atoms with E-state index in [-0.39, 0.29) is 5.91 Å². The molecule has 0 atom stereocenters. The molecule has 6 heteroatoms. The number of likely N-dealkylation sites (tertiary alicyclic amines) is 1. The van der Waals surface area contributed by atoms with Gasteiger partial charge >= 0.3 is 0 Å². The molecule has 4 rings (SSSR count). The highest BCUT2D eigenvalue weighted by Gasteiger charge is 2.39. The monoisotopic (exact) mass is 340 g/mol. The van der Waals surface area contributed by atoms with Crippen molar-refractivity contribution >= 4 is 11.9 Å². The molecule has 2 aliphatic heterocycles. The maximum atomic E-state index is 12.6. The Morgan fingerprint density at radius 1 is 1.08 bits per heavy atom. The molecule has 0 radical (unpaired) electrons. The van der Waals surface area contributed by atoms with Gasteiger partial charge in [-0.25, -0.2) is 9.97 Å². The lowest BCUT2D eigenvalue weighted by Crippen LogP contribution is -2.48. The maximum absolute atomic E-state index is 12.6. The first-order valence-corrected chi connectivity index (χ1v) is 9.02. The van der Waals surface area contributed by atoms with Gasteiger partial charge in [-0.1, -0.05) is 0 Å². The molecule has 2 saturated heterocycles. The largest absolute Gasteiger partial charge is 0.469 e. The number of furan rings is 1. The fourth-order valence-electron chi connectivity index (χ4n) is 4.10. The van der Waals surface area contributed by atoms with E-state index in [2.05, 4.69) is 14.9 Å². The molecular weight excluding hydrogens is 316 g/mol. The Hall–Kier alpha value is -2.37. The average Bonchev–Trinajstić information content (AvgIpc) is 3.09. The lowest BCUT2D eigenvalue weighted by Gasteiger charge is -2.46. The number of amides is 1. The van der Waals surface area contributed by atoms with E-state index in [9.17, 15) is 4.79 Å². The molecule has 0 bridgehead atoms. The molecule has 1 spiro atoms. The van der Waals surface area contributed by atoms with Crippen molar-refractivity contribution in [2.75, 3.05) is 31.1 Å². The van der Waals surface area contributed by atoms with Gasteiger partial charge < -0.3 is 14.2 Å². The van der Waals surface area contributed by atoms with Crippen LogP contribution in [0.4, 0.5) is 5.95 Å². The fourth-order valence-corrected chi connectivity index (χ4v) is 4.10. The van der Waals surface area contributed by atoms with Crippen LogP contribution < -0.4 is 4.90 Å². The summed E-state index contributed by atoms with van der Waals surface area (Å²) >= 11 is 0. The number of aryl methyl sites for hydroxylation is 1. The fraction of sp³-hybridized carbons (Fsp3) is 0.526. The van der Waals surface area contributed by atoms with E-state index >= 15 is 0 Å². The zero-order valence-corrected chi connectivity index (χ0v) is 14.6. The minimum absolute atomic E-state index is 0.108. The van der Waals surface area contributed by atoms with Crippen molar-refractivity contribution in [3.05, 3.63) is 42.1 Å². The average molecular weight is 340 g/mol. The molecular formula is C19H24N4O2. The predicted octanol–water partition coefficient (Wildman–Crippen LogP) is 2.90. The molecule has 2 fully saturated rings. The topological polar surface area (TPSA) is 62.5 Å². The van der Waals surface area contributed by atoms with Crippen LogP contribution in [-0.4, -0.2) is 47.0 Å². The summed E-state index contributed by atoms with van der Waals surface area (Å²) in [6, 6.07) is 3.63. The Kier molecular flexibility index (Phi) is 4.19. The second-order valence-electron chi connectivity index (χ2n) is 7.22. The molecule has 0 unspecified atom stereocenters. The van der Waals surface area contributed by atoms with E-state index in [0.29, 0.717) is 16.7 Å². The summed E-state index contributed by atoms with van der Waals surface area (Å²) in [5.74, 6) is 1.65. The highest BCUT2D eigenvalue weighted by atomic mass is 16.3. The second-order valence-corrected chi connectivity index (χ2v) is 7.22. The minimum atomic E-state index is 0.108. The van der Waals surface area contributed by atoms with Gasteiger partial charge in [-0.15, -0.1) is 0 Å². The maximum Gasteiger partial charge on any atom is 0.257 e. The zero-order valence-electron chi connectivity index (χ0n) is 14.6. The first-order valence-electron chi connectivity index (χ1n) is 9.02. The van der Waals surface area contributed by atoms with E-state index in [1.54, 1.807) is 24.7 Å². The van der Waals surface area contributed by atoms with Gasteiger partial charge in [0.25, 0.3) is 5.91 Å². The summed E-state index contributed by atoms with van der Waals surface area (Å²) in [5.41, 5.74) is 1.07. The van der Waals surface area contributed by atoms with E-state index in [0.717, 1.165) is 57.8 Å². The molecule has 6 nitrogen and oxygen atoms in total. The third-order valence-corrected chi connectivity index (χ3v) is 5.86. The SMILES string of the molecule is Cc1occc1C(=O)N1CCC2(CC1)CCN(c1ncccn1)CC2. The van der Waals surface area contributed by atoms with Crippen molar-refractivity contribution in [2.24, 2.45) is 5.41 Å². The summed E-state index contributed by atoms with van der Waals surface area (Å²) in [5, 5.41) is 0. The number of hydrogen-bond donors (Lipinski definition) is 0. The summed E-state index contributed by atoms with van der Waals surface area (Å²) in [6.07, 6.45) is 9.66. The molecule has 132 valence electrons. The van der Waals surface area contributed by atoms with Crippen LogP contribution in [0.5, 0.6) is 0 Å². The summed E-state index contributed by atoms with van der Waals surface area (Å²) < 4.78 is 5.28. The lowest BCUT2D eigenvalue weighted by atomic mass is 9.71. The van der Waals surface area contributed by atoms with Crippen LogP contribution in [0.15, 0.2) is 35.2 Å². The quantitative estimate of drug-likeness (QED) is 0.841. The highest BCUT2D eigenvalue weighted by Crippen LogP contribution is 2.42. The number of aromatic nitrogens is 2. The van der Waals surface area contributed by atoms with Crippen LogP contribution in [0.3, 0.4) is 0 Å². The molecule has 25 heavy (non-hydrogen) atoms. The van der Waals surface area contributed by atoms with Gasteiger partial charge in [-0.3, -0.25) is 4.79 Å². The zero-order chi connectivity index (χ0) is 17.3. The number of carbonyl (C=O) groups is 1. The molecule has 0 saturated carbocycles.